The Morgan fingerprint density at radius 1 is 1.00 bits per heavy atom. The second-order valence-corrected chi connectivity index (χ2v) is 5.82. The number of rotatable bonds is 7. The lowest BCUT2D eigenvalue weighted by Crippen LogP contribution is -2.32. The predicted octanol–water partition coefficient (Wildman–Crippen LogP) is 2.46. The van der Waals surface area contributed by atoms with E-state index in [1.54, 1.807) is 19.2 Å². The van der Waals surface area contributed by atoms with Crippen molar-refractivity contribution in [1.82, 2.24) is 5.32 Å². The molecule has 6 heteroatoms. The minimum Gasteiger partial charge on any atom is -0.455 e. The molecular formula is C20H22N2O4. The lowest BCUT2D eigenvalue weighted by molar-refractivity contribution is -0.148. The van der Waals surface area contributed by atoms with E-state index in [1.165, 1.54) is 11.8 Å². The van der Waals surface area contributed by atoms with E-state index in [0.29, 0.717) is 5.69 Å². The molecule has 0 saturated heterocycles. The van der Waals surface area contributed by atoms with E-state index in [0.717, 1.165) is 5.56 Å². The number of carbonyl (C=O) groups excluding carboxylic acids is 3. The van der Waals surface area contributed by atoms with Gasteiger partial charge in [0.15, 0.2) is 6.61 Å². The third-order valence-electron chi connectivity index (χ3n) is 3.82. The minimum absolute atomic E-state index is 0.0497. The maximum Gasteiger partial charge on any atom is 0.308 e. The fraction of sp³-hybridized carbons (Fsp3) is 0.250. The van der Waals surface area contributed by atoms with E-state index in [1.807, 2.05) is 48.5 Å². The Bertz CT molecular complexity index is 747. The van der Waals surface area contributed by atoms with Crippen LogP contribution in [0.4, 0.5) is 5.69 Å². The lowest BCUT2D eigenvalue weighted by atomic mass is 10.0. The number of nitrogens with zero attached hydrogens (tertiary/aromatic N) is 1. The van der Waals surface area contributed by atoms with E-state index in [-0.39, 0.29) is 24.8 Å². The van der Waals surface area contributed by atoms with Crippen LogP contribution < -0.4 is 10.2 Å². The molecule has 0 aliphatic heterocycles. The molecule has 2 rings (SSSR count). The van der Waals surface area contributed by atoms with Crippen molar-refractivity contribution in [3.63, 3.8) is 0 Å². The lowest BCUT2D eigenvalue weighted by Gasteiger charge is -2.19. The molecule has 1 atom stereocenters. The van der Waals surface area contributed by atoms with Gasteiger partial charge in [0.2, 0.25) is 5.91 Å². The van der Waals surface area contributed by atoms with E-state index in [4.69, 9.17) is 4.74 Å². The number of para-hydroxylation sites is 1. The summed E-state index contributed by atoms with van der Waals surface area (Å²) in [5, 5.41) is 2.73. The summed E-state index contributed by atoms with van der Waals surface area (Å²) >= 11 is 0. The molecule has 0 saturated carbocycles. The first-order valence-electron chi connectivity index (χ1n) is 8.26. The largest absolute Gasteiger partial charge is 0.455 e. The molecule has 0 heterocycles. The molecule has 2 amide bonds. The highest BCUT2D eigenvalue weighted by atomic mass is 16.5. The fourth-order valence-corrected chi connectivity index (χ4v) is 2.44. The van der Waals surface area contributed by atoms with Gasteiger partial charge in [0.25, 0.3) is 5.91 Å². The van der Waals surface area contributed by atoms with E-state index in [2.05, 4.69) is 5.32 Å². The molecule has 0 unspecified atom stereocenters. The number of hydrogen-bond acceptors (Lipinski definition) is 4. The molecule has 1 N–H and O–H groups in total. The molecule has 2 aromatic carbocycles. The van der Waals surface area contributed by atoms with Crippen LogP contribution in [-0.4, -0.2) is 31.4 Å². The highest BCUT2D eigenvalue weighted by molar-refractivity contribution is 5.94. The van der Waals surface area contributed by atoms with Gasteiger partial charge in [0, 0.05) is 19.7 Å². The topological polar surface area (TPSA) is 75.7 Å². The van der Waals surface area contributed by atoms with E-state index in [9.17, 15) is 14.4 Å². The zero-order valence-corrected chi connectivity index (χ0v) is 14.8. The van der Waals surface area contributed by atoms with Crippen molar-refractivity contribution in [3.8, 4) is 0 Å². The maximum atomic E-state index is 12.2. The van der Waals surface area contributed by atoms with Crippen LogP contribution in [0.25, 0.3) is 0 Å². The third kappa shape index (κ3) is 5.73. The molecule has 0 spiro atoms. The average Bonchev–Trinajstić information content (AvgIpc) is 2.66. The molecule has 0 fully saturated rings. The van der Waals surface area contributed by atoms with Crippen LogP contribution in [0, 0.1) is 0 Å². The Hall–Kier alpha value is -3.15. The number of likely N-dealkylation sites (N-methyl/N-ethyl adjacent to an activating group) is 1. The van der Waals surface area contributed by atoms with E-state index < -0.39 is 12.0 Å². The van der Waals surface area contributed by atoms with Crippen molar-refractivity contribution < 1.29 is 19.1 Å². The number of nitrogens with one attached hydrogen (secondary N) is 1. The molecule has 0 aliphatic rings. The van der Waals surface area contributed by atoms with Crippen molar-refractivity contribution in [2.45, 2.75) is 19.4 Å². The smallest absolute Gasteiger partial charge is 0.308 e. The van der Waals surface area contributed by atoms with Crippen LogP contribution >= 0.6 is 0 Å². The van der Waals surface area contributed by atoms with Gasteiger partial charge in [0.05, 0.1) is 12.5 Å². The molecular weight excluding hydrogens is 332 g/mol. The van der Waals surface area contributed by atoms with Crippen LogP contribution in [0.3, 0.4) is 0 Å². The first-order valence-corrected chi connectivity index (χ1v) is 8.26. The van der Waals surface area contributed by atoms with Crippen molar-refractivity contribution in [2.75, 3.05) is 18.6 Å². The van der Waals surface area contributed by atoms with Crippen molar-refractivity contribution in [2.24, 2.45) is 0 Å². The second kappa shape index (κ2) is 9.36. The van der Waals surface area contributed by atoms with E-state index >= 15 is 0 Å². The number of anilines is 1. The van der Waals surface area contributed by atoms with Crippen molar-refractivity contribution >= 4 is 23.5 Å². The number of carbonyl (C=O) groups is 3. The summed E-state index contributed by atoms with van der Waals surface area (Å²) in [5.74, 6) is -1.13. The number of hydrogen-bond donors (Lipinski definition) is 1. The summed E-state index contributed by atoms with van der Waals surface area (Å²) < 4.78 is 5.10. The Morgan fingerprint density at radius 2 is 1.58 bits per heavy atom. The summed E-state index contributed by atoms with van der Waals surface area (Å²) in [6.07, 6.45) is -0.0497. The molecule has 0 bridgehead atoms. The summed E-state index contributed by atoms with van der Waals surface area (Å²) in [7, 11) is 1.62. The summed E-state index contributed by atoms with van der Waals surface area (Å²) in [4.78, 5) is 37.1. The quantitative estimate of drug-likeness (QED) is 0.775. The number of benzene rings is 2. The minimum atomic E-state index is -0.553. The van der Waals surface area contributed by atoms with Gasteiger partial charge in [0.1, 0.15) is 0 Å². The van der Waals surface area contributed by atoms with Gasteiger partial charge < -0.3 is 15.0 Å². The summed E-state index contributed by atoms with van der Waals surface area (Å²) in [6.45, 7) is 1.03. The van der Waals surface area contributed by atoms with Gasteiger partial charge in [-0.2, -0.15) is 0 Å². The molecule has 0 aliphatic carbocycles. The van der Waals surface area contributed by atoms with Gasteiger partial charge in [-0.25, -0.2) is 0 Å². The van der Waals surface area contributed by atoms with Crippen LogP contribution in [-0.2, 0) is 19.1 Å². The molecule has 6 nitrogen and oxygen atoms in total. The van der Waals surface area contributed by atoms with Gasteiger partial charge >= 0.3 is 5.97 Å². The zero-order valence-electron chi connectivity index (χ0n) is 14.8. The normalized spacial score (nSPS) is 11.3. The Balaban J connectivity index is 1.91. The first kappa shape index (κ1) is 19.2. The van der Waals surface area contributed by atoms with Gasteiger partial charge in [-0.05, 0) is 17.7 Å². The fourth-order valence-electron chi connectivity index (χ4n) is 2.44. The van der Waals surface area contributed by atoms with Crippen LogP contribution in [0.15, 0.2) is 60.7 Å². The third-order valence-corrected chi connectivity index (χ3v) is 3.82. The molecule has 2 aromatic rings. The van der Waals surface area contributed by atoms with Crippen LogP contribution in [0.1, 0.15) is 24.9 Å². The van der Waals surface area contributed by atoms with Crippen LogP contribution in [0.2, 0.25) is 0 Å². The van der Waals surface area contributed by atoms with Crippen molar-refractivity contribution in [3.05, 3.63) is 66.2 Å². The monoisotopic (exact) mass is 354 g/mol. The number of ether oxygens (including phenoxy) is 1. The van der Waals surface area contributed by atoms with Gasteiger partial charge in [-0.15, -0.1) is 0 Å². The predicted molar refractivity (Wildman–Crippen MR) is 98.4 cm³/mol. The molecule has 26 heavy (non-hydrogen) atoms. The SMILES string of the molecule is CC(=O)N[C@H](CC(=O)OCC(=O)N(C)c1ccccc1)c1ccccc1. The average molecular weight is 354 g/mol. The zero-order chi connectivity index (χ0) is 18.9. The second-order valence-electron chi connectivity index (χ2n) is 5.82. The highest BCUT2D eigenvalue weighted by Gasteiger charge is 2.19. The van der Waals surface area contributed by atoms with Gasteiger partial charge in [-0.1, -0.05) is 48.5 Å². The highest BCUT2D eigenvalue weighted by Crippen LogP contribution is 2.17. The summed E-state index contributed by atoms with van der Waals surface area (Å²) in [6, 6.07) is 17.7. The molecule has 0 radical (unpaired) electrons. The summed E-state index contributed by atoms with van der Waals surface area (Å²) in [5.41, 5.74) is 1.52. The number of amides is 2. The Kier molecular flexibility index (Phi) is 6.91. The maximum absolute atomic E-state index is 12.2. The Labute approximate surface area is 152 Å². The van der Waals surface area contributed by atoms with Crippen molar-refractivity contribution in [1.29, 1.82) is 0 Å². The molecule has 0 aromatic heterocycles. The molecule has 136 valence electrons. The van der Waals surface area contributed by atoms with Crippen LogP contribution in [0.5, 0.6) is 0 Å². The number of esters is 1. The Morgan fingerprint density at radius 3 is 2.15 bits per heavy atom. The standard InChI is InChI=1S/C20H22N2O4/c1-15(23)21-18(16-9-5-3-6-10-16)13-20(25)26-14-19(24)22(2)17-11-7-4-8-12-17/h3-12,18H,13-14H2,1-2H3,(H,21,23)/t18-/m1/s1. The van der Waals surface area contributed by atoms with Gasteiger partial charge in [-0.3, -0.25) is 14.4 Å². The first-order chi connectivity index (χ1) is 12.5.